The number of hydrogen-bond donors (Lipinski definition) is 1. The number of rotatable bonds is 6. The molecule has 0 aliphatic carbocycles. The maximum atomic E-state index is 3.51. The first-order chi connectivity index (χ1) is 5.95. The Labute approximate surface area is 84.3 Å². The van der Waals surface area contributed by atoms with Gasteiger partial charge in [-0.15, -0.1) is 0 Å². The molecule has 0 fully saturated rings. The van der Waals surface area contributed by atoms with Crippen molar-refractivity contribution in [1.82, 2.24) is 5.32 Å². The Kier molecular flexibility index (Phi) is 6.40. The predicted molar refractivity (Wildman–Crippen MR) is 61.0 cm³/mol. The first-order valence-electron chi connectivity index (χ1n) is 5.66. The van der Waals surface area contributed by atoms with Crippen LogP contribution >= 0.6 is 0 Å². The van der Waals surface area contributed by atoms with Crippen LogP contribution in [0.5, 0.6) is 0 Å². The zero-order chi connectivity index (χ0) is 10.3. The fourth-order valence-electron chi connectivity index (χ4n) is 1.45. The van der Waals surface area contributed by atoms with Gasteiger partial charge in [-0.3, -0.25) is 0 Å². The average Bonchev–Trinajstić information content (AvgIpc) is 1.97. The predicted octanol–water partition coefficient (Wildman–Crippen LogP) is 3.45. The van der Waals surface area contributed by atoms with E-state index in [4.69, 9.17) is 0 Å². The Morgan fingerprint density at radius 1 is 1.15 bits per heavy atom. The molecule has 0 aliphatic rings. The normalized spacial score (nSPS) is 14.5. The van der Waals surface area contributed by atoms with Gasteiger partial charge in [0.15, 0.2) is 0 Å². The lowest BCUT2D eigenvalue weighted by molar-refractivity contribution is 0.366. The Hall–Kier alpha value is -0.0400. The van der Waals surface area contributed by atoms with Crippen LogP contribution in [0.4, 0.5) is 0 Å². The molecule has 0 radical (unpaired) electrons. The summed E-state index contributed by atoms with van der Waals surface area (Å²) in [5.41, 5.74) is 0.425. The van der Waals surface area contributed by atoms with E-state index in [1.165, 1.54) is 25.8 Å². The van der Waals surface area contributed by atoms with Crippen molar-refractivity contribution in [3.8, 4) is 0 Å². The van der Waals surface area contributed by atoms with E-state index in [9.17, 15) is 0 Å². The summed E-state index contributed by atoms with van der Waals surface area (Å²) in [5, 5.41) is 3.51. The highest BCUT2D eigenvalue weighted by Gasteiger charge is 2.08. The van der Waals surface area contributed by atoms with Crippen LogP contribution in [0.25, 0.3) is 0 Å². The summed E-state index contributed by atoms with van der Waals surface area (Å²) in [7, 11) is 0. The SMILES string of the molecule is CCCC(C)CCNCC(C)(C)C. The summed E-state index contributed by atoms with van der Waals surface area (Å²) < 4.78 is 0. The van der Waals surface area contributed by atoms with Gasteiger partial charge in [0.2, 0.25) is 0 Å². The van der Waals surface area contributed by atoms with Crippen LogP contribution in [0.15, 0.2) is 0 Å². The molecule has 0 rings (SSSR count). The zero-order valence-electron chi connectivity index (χ0n) is 10.1. The Balaban J connectivity index is 3.25. The molecule has 0 aliphatic heterocycles. The summed E-state index contributed by atoms with van der Waals surface area (Å²) in [5.74, 6) is 0.887. The summed E-state index contributed by atoms with van der Waals surface area (Å²) in [6.45, 7) is 13.7. The minimum absolute atomic E-state index is 0.425. The van der Waals surface area contributed by atoms with Crippen LogP contribution in [0.3, 0.4) is 0 Å². The molecular weight excluding hydrogens is 158 g/mol. The lowest BCUT2D eigenvalue weighted by atomic mass is 9.96. The summed E-state index contributed by atoms with van der Waals surface area (Å²) in [6, 6.07) is 0. The monoisotopic (exact) mass is 185 g/mol. The van der Waals surface area contributed by atoms with Crippen molar-refractivity contribution >= 4 is 0 Å². The third-order valence-corrected chi connectivity index (χ3v) is 2.25. The van der Waals surface area contributed by atoms with Gasteiger partial charge in [-0.25, -0.2) is 0 Å². The average molecular weight is 185 g/mol. The third-order valence-electron chi connectivity index (χ3n) is 2.25. The van der Waals surface area contributed by atoms with Crippen molar-refractivity contribution in [3.63, 3.8) is 0 Å². The van der Waals surface area contributed by atoms with E-state index >= 15 is 0 Å². The lowest BCUT2D eigenvalue weighted by Crippen LogP contribution is -2.28. The second-order valence-electron chi connectivity index (χ2n) is 5.42. The molecule has 0 saturated heterocycles. The van der Waals surface area contributed by atoms with Gasteiger partial charge in [-0.05, 0) is 30.8 Å². The molecule has 1 N–H and O–H groups in total. The highest BCUT2D eigenvalue weighted by atomic mass is 14.9. The fraction of sp³-hybridized carbons (Fsp3) is 1.00. The van der Waals surface area contributed by atoms with Gasteiger partial charge in [0.05, 0.1) is 0 Å². The lowest BCUT2D eigenvalue weighted by Gasteiger charge is -2.19. The second-order valence-corrected chi connectivity index (χ2v) is 5.42. The molecule has 0 aromatic carbocycles. The van der Waals surface area contributed by atoms with E-state index < -0.39 is 0 Å². The van der Waals surface area contributed by atoms with Gasteiger partial charge in [0, 0.05) is 0 Å². The van der Waals surface area contributed by atoms with Gasteiger partial charge in [0.25, 0.3) is 0 Å². The Morgan fingerprint density at radius 3 is 2.23 bits per heavy atom. The third kappa shape index (κ3) is 9.88. The van der Waals surface area contributed by atoms with Crippen molar-refractivity contribution in [1.29, 1.82) is 0 Å². The highest BCUT2D eigenvalue weighted by molar-refractivity contribution is 4.65. The van der Waals surface area contributed by atoms with Crippen LogP contribution < -0.4 is 5.32 Å². The zero-order valence-corrected chi connectivity index (χ0v) is 10.1. The molecule has 0 amide bonds. The molecule has 0 aromatic rings. The molecule has 0 aromatic heterocycles. The largest absolute Gasteiger partial charge is 0.316 e. The van der Waals surface area contributed by atoms with Crippen LogP contribution in [0, 0.1) is 11.3 Å². The fourth-order valence-corrected chi connectivity index (χ4v) is 1.45. The molecule has 1 unspecified atom stereocenters. The van der Waals surface area contributed by atoms with Crippen molar-refractivity contribution in [2.45, 2.75) is 53.9 Å². The quantitative estimate of drug-likeness (QED) is 0.625. The first-order valence-corrected chi connectivity index (χ1v) is 5.66. The molecule has 1 atom stereocenters. The molecule has 1 heteroatoms. The van der Waals surface area contributed by atoms with E-state index in [1.807, 2.05) is 0 Å². The smallest absolute Gasteiger partial charge is 0.0000124 e. The van der Waals surface area contributed by atoms with E-state index in [0.29, 0.717) is 5.41 Å². The Bertz CT molecular complexity index is 113. The molecule has 80 valence electrons. The number of nitrogens with one attached hydrogen (secondary N) is 1. The van der Waals surface area contributed by atoms with Gasteiger partial charge >= 0.3 is 0 Å². The minimum Gasteiger partial charge on any atom is -0.316 e. The molecule has 13 heavy (non-hydrogen) atoms. The number of hydrogen-bond acceptors (Lipinski definition) is 1. The van der Waals surface area contributed by atoms with Crippen LogP contribution in [-0.2, 0) is 0 Å². The van der Waals surface area contributed by atoms with Crippen molar-refractivity contribution in [3.05, 3.63) is 0 Å². The highest BCUT2D eigenvalue weighted by Crippen LogP contribution is 2.11. The van der Waals surface area contributed by atoms with Gasteiger partial charge < -0.3 is 5.32 Å². The molecule has 0 heterocycles. The van der Waals surface area contributed by atoms with Gasteiger partial charge in [0.1, 0.15) is 0 Å². The molecule has 0 spiro atoms. The first kappa shape index (κ1) is 13.0. The van der Waals surface area contributed by atoms with E-state index in [-0.39, 0.29) is 0 Å². The van der Waals surface area contributed by atoms with E-state index in [0.717, 1.165) is 12.5 Å². The Morgan fingerprint density at radius 2 is 1.77 bits per heavy atom. The van der Waals surface area contributed by atoms with Crippen LogP contribution in [0.2, 0.25) is 0 Å². The van der Waals surface area contributed by atoms with E-state index in [2.05, 4.69) is 39.9 Å². The maximum Gasteiger partial charge on any atom is -0.0000124 e. The van der Waals surface area contributed by atoms with Crippen molar-refractivity contribution < 1.29 is 0 Å². The van der Waals surface area contributed by atoms with Crippen molar-refractivity contribution in [2.24, 2.45) is 11.3 Å². The van der Waals surface area contributed by atoms with Crippen molar-refractivity contribution in [2.75, 3.05) is 13.1 Å². The summed E-state index contributed by atoms with van der Waals surface area (Å²) >= 11 is 0. The van der Waals surface area contributed by atoms with Crippen LogP contribution in [0.1, 0.15) is 53.9 Å². The molecule has 0 bridgehead atoms. The standard InChI is InChI=1S/C12H27N/c1-6-7-11(2)8-9-13-10-12(3,4)5/h11,13H,6-10H2,1-5H3. The molecular formula is C12H27N. The minimum atomic E-state index is 0.425. The molecule has 1 nitrogen and oxygen atoms in total. The molecule has 0 saturated carbocycles. The van der Waals surface area contributed by atoms with Gasteiger partial charge in [-0.2, -0.15) is 0 Å². The summed E-state index contributed by atoms with van der Waals surface area (Å²) in [4.78, 5) is 0. The van der Waals surface area contributed by atoms with Gasteiger partial charge in [-0.1, -0.05) is 47.5 Å². The van der Waals surface area contributed by atoms with E-state index in [1.54, 1.807) is 0 Å². The van der Waals surface area contributed by atoms with Crippen LogP contribution in [-0.4, -0.2) is 13.1 Å². The topological polar surface area (TPSA) is 12.0 Å². The second kappa shape index (κ2) is 6.42. The summed E-state index contributed by atoms with van der Waals surface area (Å²) in [6.07, 6.45) is 4.02. The maximum absolute atomic E-state index is 3.51.